The summed E-state index contributed by atoms with van der Waals surface area (Å²) in [5, 5.41) is 0.574. The summed E-state index contributed by atoms with van der Waals surface area (Å²) >= 11 is 1.99. The highest BCUT2D eigenvalue weighted by atomic mass is 32.2. The molecule has 76 valence electrons. The standard InChI is InChI=1S/C11H15NOS/c1-13-8-4-5-10(12)9(7-8)11-3-2-6-14-11/h4-5,7,11H,2-3,6,12H2,1H3. The first-order chi connectivity index (χ1) is 6.81. The summed E-state index contributed by atoms with van der Waals surface area (Å²) in [4.78, 5) is 0. The number of methoxy groups -OCH3 is 1. The van der Waals surface area contributed by atoms with Gasteiger partial charge in [-0.2, -0.15) is 11.8 Å². The third kappa shape index (κ3) is 1.82. The van der Waals surface area contributed by atoms with E-state index in [-0.39, 0.29) is 0 Å². The van der Waals surface area contributed by atoms with E-state index in [1.165, 1.54) is 24.2 Å². The summed E-state index contributed by atoms with van der Waals surface area (Å²) in [5.74, 6) is 2.16. The second-order valence-corrected chi connectivity index (χ2v) is 4.81. The largest absolute Gasteiger partial charge is 0.497 e. The molecule has 2 rings (SSSR count). The van der Waals surface area contributed by atoms with E-state index in [9.17, 15) is 0 Å². The zero-order chi connectivity index (χ0) is 9.97. The molecule has 14 heavy (non-hydrogen) atoms. The lowest BCUT2D eigenvalue weighted by atomic mass is 10.1. The number of hydrogen-bond donors (Lipinski definition) is 1. The Morgan fingerprint density at radius 1 is 1.50 bits per heavy atom. The molecule has 1 atom stereocenters. The van der Waals surface area contributed by atoms with Gasteiger partial charge in [-0.3, -0.25) is 0 Å². The first-order valence-electron chi connectivity index (χ1n) is 4.86. The Morgan fingerprint density at radius 2 is 2.36 bits per heavy atom. The predicted molar refractivity (Wildman–Crippen MR) is 61.8 cm³/mol. The summed E-state index contributed by atoms with van der Waals surface area (Å²) in [6.45, 7) is 0. The number of thioether (sulfide) groups is 1. The first-order valence-corrected chi connectivity index (χ1v) is 5.91. The summed E-state index contributed by atoms with van der Waals surface area (Å²) < 4.78 is 5.20. The minimum atomic E-state index is 0.574. The average Bonchev–Trinajstić information content (AvgIpc) is 2.71. The molecule has 0 radical (unpaired) electrons. The average molecular weight is 209 g/mol. The van der Waals surface area contributed by atoms with Crippen LogP contribution < -0.4 is 10.5 Å². The molecule has 3 heteroatoms. The summed E-state index contributed by atoms with van der Waals surface area (Å²) in [6.07, 6.45) is 2.54. The van der Waals surface area contributed by atoms with Gasteiger partial charge in [0.1, 0.15) is 5.75 Å². The Labute approximate surface area is 88.8 Å². The fourth-order valence-electron chi connectivity index (χ4n) is 1.78. The van der Waals surface area contributed by atoms with Crippen LogP contribution >= 0.6 is 11.8 Å². The van der Waals surface area contributed by atoms with Crippen molar-refractivity contribution in [1.82, 2.24) is 0 Å². The molecule has 1 saturated heterocycles. The van der Waals surface area contributed by atoms with Crippen molar-refractivity contribution < 1.29 is 4.74 Å². The van der Waals surface area contributed by atoms with Gasteiger partial charge in [0, 0.05) is 10.9 Å². The van der Waals surface area contributed by atoms with Gasteiger partial charge < -0.3 is 10.5 Å². The number of hydrogen-bond acceptors (Lipinski definition) is 3. The molecule has 1 fully saturated rings. The molecule has 1 aromatic rings. The van der Waals surface area contributed by atoms with Gasteiger partial charge in [-0.15, -0.1) is 0 Å². The third-order valence-corrected chi connectivity index (χ3v) is 3.99. The first kappa shape index (κ1) is 9.71. The molecular formula is C11H15NOS. The summed E-state index contributed by atoms with van der Waals surface area (Å²) in [6, 6.07) is 5.92. The maximum Gasteiger partial charge on any atom is 0.119 e. The van der Waals surface area contributed by atoms with Crippen molar-refractivity contribution in [2.45, 2.75) is 18.1 Å². The highest BCUT2D eigenvalue weighted by Crippen LogP contribution is 2.42. The Bertz CT molecular complexity index is 321. The Balaban J connectivity index is 2.29. The molecule has 0 spiro atoms. The van der Waals surface area contributed by atoms with Crippen LogP contribution in [0, 0.1) is 0 Å². The minimum Gasteiger partial charge on any atom is -0.497 e. The van der Waals surface area contributed by atoms with Gasteiger partial charge >= 0.3 is 0 Å². The summed E-state index contributed by atoms with van der Waals surface area (Å²) in [5.41, 5.74) is 8.09. The van der Waals surface area contributed by atoms with Crippen molar-refractivity contribution in [1.29, 1.82) is 0 Å². The number of nitrogen functional groups attached to an aromatic ring is 1. The van der Waals surface area contributed by atoms with Crippen LogP contribution in [0.5, 0.6) is 5.75 Å². The van der Waals surface area contributed by atoms with Crippen molar-refractivity contribution in [3.63, 3.8) is 0 Å². The normalized spacial score (nSPS) is 21.1. The molecule has 1 aliphatic rings. The maximum absolute atomic E-state index is 5.96. The molecule has 0 bridgehead atoms. The van der Waals surface area contributed by atoms with Crippen LogP contribution in [0.2, 0.25) is 0 Å². The maximum atomic E-state index is 5.96. The van der Waals surface area contributed by atoms with E-state index in [2.05, 4.69) is 6.07 Å². The molecule has 1 aromatic carbocycles. The smallest absolute Gasteiger partial charge is 0.119 e. The van der Waals surface area contributed by atoms with Gasteiger partial charge in [0.2, 0.25) is 0 Å². The van der Waals surface area contributed by atoms with Gasteiger partial charge in [0.25, 0.3) is 0 Å². The fourth-order valence-corrected chi connectivity index (χ4v) is 3.12. The third-order valence-electron chi connectivity index (χ3n) is 2.57. The quantitative estimate of drug-likeness (QED) is 0.761. The lowest BCUT2D eigenvalue weighted by Gasteiger charge is -2.13. The number of nitrogens with two attached hydrogens (primary N) is 1. The van der Waals surface area contributed by atoms with Gasteiger partial charge in [-0.1, -0.05) is 0 Å². The van der Waals surface area contributed by atoms with Gasteiger partial charge in [-0.05, 0) is 42.4 Å². The Kier molecular flexibility index (Phi) is 2.87. The second-order valence-electron chi connectivity index (χ2n) is 3.50. The molecule has 0 amide bonds. The van der Waals surface area contributed by atoms with E-state index < -0.39 is 0 Å². The molecular weight excluding hydrogens is 194 g/mol. The molecule has 2 nitrogen and oxygen atoms in total. The van der Waals surface area contributed by atoms with E-state index >= 15 is 0 Å². The Hall–Kier alpha value is -0.830. The number of anilines is 1. The zero-order valence-corrected chi connectivity index (χ0v) is 9.14. The van der Waals surface area contributed by atoms with Crippen LogP contribution in [-0.2, 0) is 0 Å². The van der Waals surface area contributed by atoms with E-state index in [0.29, 0.717) is 5.25 Å². The van der Waals surface area contributed by atoms with E-state index in [1.54, 1.807) is 7.11 Å². The van der Waals surface area contributed by atoms with Crippen molar-refractivity contribution in [2.75, 3.05) is 18.6 Å². The molecule has 1 heterocycles. The van der Waals surface area contributed by atoms with E-state index in [4.69, 9.17) is 10.5 Å². The van der Waals surface area contributed by atoms with Crippen molar-refractivity contribution in [2.24, 2.45) is 0 Å². The minimum absolute atomic E-state index is 0.574. The highest BCUT2D eigenvalue weighted by Gasteiger charge is 2.20. The van der Waals surface area contributed by atoms with Crippen molar-refractivity contribution >= 4 is 17.4 Å². The van der Waals surface area contributed by atoms with Gasteiger partial charge in [-0.25, -0.2) is 0 Å². The van der Waals surface area contributed by atoms with Crippen LogP contribution in [0.25, 0.3) is 0 Å². The van der Waals surface area contributed by atoms with Crippen LogP contribution in [0.1, 0.15) is 23.7 Å². The molecule has 0 aliphatic carbocycles. The predicted octanol–water partition coefficient (Wildman–Crippen LogP) is 2.85. The van der Waals surface area contributed by atoms with Gasteiger partial charge in [0.15, 0.2) is 0 Å². The number of ether oxygens (including phenoxy) is 1. The Morgan fingerprint density at radius 3 is 3.00 bits per heavy atom. The molecule has 0 aromatic heterocycles. The molecule has 1 unspecified atom stereocenters. The molecule has 1 aliphatic heterocycles. The van der Waals surface area contributed by atoms with Crippen molar-refractivity contribution in [3.05, 3.63) is 23.8 Å². The van der Waals surface area contributed by atoms with E-state index in [1.807, 2.05) is 23.9 Å². The SMILES string of the molecule is COc1ccc(N)c(C2CCCS2)c1. The zero-order valence-electron chi connectivity index (χ0n) is 8.32. The lowest BCUT2D eigenvalue weighted by Crippen LogP contribution is -1.97. The van der Waals surface area contributed by atoms with E-state index in [0.717, 1.165) is 11.4 Å². The second kappa shape index (κ2) is 4.13. The number of rotatable bonds is 2. The fraction of sp³-hybridized carbons (Fsp3) is 0.455. The summed E-state index contributed by atoms with van der Waals surface area (Å²) in [7, 11) is 1.69. The molecule has 2 N–H and O–H groups in total. The lowest BCUT2D eigenvalue weighted by molar-refractivity contribution is 0.414. The molecule has 0 saturated carbocycles. The van der Waals surface area contributed by atoms with Crippen LogP contribution in [0.15, 0.2) is 18.2 Å². The van der Waals surface area contributed by atoms with Crippen LogP contribution in [-0.4, -0.2) is 12.9 Å². The van der Waals surface area contributed by atoms with Gasteiger partial charge in [0.05, 0.1) is 7.11 Å². The highest BCUT2D eigenvalue weighted by molar-refractivity contribution is 7.99. The van der Waals surface area contributed by atoms with Crippen LogP contribution in [0.3, 0.4) is 0 Å². The topological polar surface area (TPSA) is 35.2 Å². The van der Waals surface area contributed by atoms with Crippen LogP contribution in [0.4, 0.5) is 5.69 Å². The van der Waals surface area contributed by atoms with Crippen molar-refractivity contribution in [3.8, 4) is 5.75 Å². The monoisotopic (exact) mass is 209 g/mol. The number of benzene rings is 1.